The van der Waals surface area contributed by atoms with Crippen LogP contribution in [0.25, 0.3) is 0 Å². The monoisotopic (exact) mass is 235 g/mol. The summed E-state index contributed by atoms with van der Waals surface area (Å²) < 4.78 is 13.2. The fraction of sp³-hybridized carbons (Fsp3) is 0.600. The first kappa shape index (κ1) is 12.6. The third-order valence-corrected chi connectivity index (χ3v) is 4.13. The lowest BCUT2D eigenvalue weighted by Crippen LogP contribution is -2.29. The van der Waals surface area contributed by atoms with Gasteiger partial charge in [0.05, 0.1) is 0 Å². The van der Waals surface area contributed by atoms with Crippen molar-refractivity contribution in [1.82, 2.24) is 0 Å². The van der Waals surface area contributed by atoms with Crippen molar-refractivity contribution in [3.63, 3.8) is 0 Å². The average molecular weight is 235 g/mol. The molecule has 2 heteroatoms. The Balaban J connectivity index is 2.04. The molecule has 2 N–H and O–H groups in total. The molecule has 0 spiro atoms. The Morgan fingerprint density at radius 3 is 2.53 bits per heavy atom. The molecule has 17 heavy (non-hydrogen) atoms. The van der Waals surface area contributed by atoms with E-state index in [4.69, 9.17) is 5.73 Å². The molecule has 1 aromatic carbocycles. The molecule has 1 aliphatic rings. The number of nitrogens with two attached hydrogens (primary N) is 1. The van der Waals surface area contributed by atoms with Crippen LogP contribution in [0.3, 0.4) is 0 Å². The molecule has 1 aliphatic carbocycles. The molecule has 1 saturated carbocycles. The molecule has 0 amide bonds. The van der Waals surface area contributed by atoms with Crippen molar-refractivity contribution < 1.29 is 4.39 Å². The van der Waals surface area contributed by atoms with Crippen LogP contribution in [0.2, 0.25) is 0 Å². The molecule has 1 atom stereocenters. The number of hydrogen-bond acceptors (Lipinski definition) is 1. The van der Waals surface area contributed by atoms with E-state index < -0.39 is 0 Å². The maximum absolute atomic E-state index is 13.2. The first-order valence-electron chi connectivity index (χ1n) is 6.49. The predicted molar refractivity (Wildman–Crippen MR) is 69.1 cm³/mol. The standard InChI is InChI=1S/C15H22FN/c1-15(2)8-6-11(7-9-15)14(17)12-4-3-5-13(16)10-12/h3-5,10-11,14H,6-9,17H2,1-2H3. The molecular formula is C15H22FN. The molecule has 2 rings (SSSR count). The van der Waals surface area contributed by atoms with Crippen molar-refractivity contribution in [1.29, 1.82) is 0 Å². The van der Waals surface area contributed by atoms with Gasteiger partial charge in [-0.15, -0.1) is 0 Å². The van der Waals surface area contributed by atoms with Gasteiger partial charge in [0.2, 0.25) is 0 Å². The molecular weight excluding hydrogens is 213 g/mol. The average Bonchev–Trinajstić information content (AvgIpc) is 2.28. The van der Waals surface area contributed by atoms with Gasteiger partial charge in [0.15, 0.2) is 0 Å². The van der Waals surface area contributed by atoms with E-state index in [0.717, 1.165) is 18.4 Å². The maximum atomic E-state index is 13.2. The van der Waals surface area contributed by atoms with Crippen LogP contribution in [0.15, 0.2) is 24.3 Å². The molecule has 0 bridgehead atoms. The normalized spacial score (nSPS) is 22.4. The van der Waals surface area contributed by atoms with E-state index in [1.807, 2.05) is 6.07 Å². The van der Waals surface area contributed by atoms with Gasteiger partial charge in [-0.2, -0.15) is 0 Å². The first-order chi connectivity index (χ1) is 7.98. The highest BCUT2D eigenvalue weighted by Crippen LogP contribution is 2.41. The van der Waals surface area contributed by atoms with Gasteiger partial charge in [-0.3, -0.25) is 0 Å². The summed E-state index contributed by atoms with van der Waals surface area (Å²) in [5.74, 6) is 0.318. The Morgan fingerprint density at radius 1 is 1.29 bits per heavy atom. The van der Waals surface area contributed by atoms with E-state index in [1.54, 1.807) is 12.1 Å². The topological polar surface area (TPSA) is 26.0 Å². The van der Waals surface area contributed by atoms with Crippen LogP contribution in [0.1, 0.15) is 51.1 Å². The first-order valence-corrected chi connectivity index (χ1v) is 6.49. The minimum Gasteiger partial charge on any atom is -0.324 e. The number of benzene rings is 1. The van der Waals surface area contributed by atoms with E-state index in [2.05, 4.69) is 13.8 Å². The van der Waals surface area contributed by atoms with E-state index in [1.165, 1.54) is 18.9 Å². The van der Waals surface area contributed by atoms with Crippen LogP contribution in [-0.2, 0) is 0 Å². The van der Waals surface area contributed by atoms with Crippen LogP contribution >= 0.6 is 0 Å². The largest absolute Gasteiger partial charge is 0.324 e. The van der Waals surface area contributed by atoms with Gasteiger partial charge < -0.3 is 5.73 Å². The second kappa shape index (κ2) is 4.77. The molecule has 0 radical (unpaired) electrons. The summed E-state index contributed by atoms with van der Waals surface area (Å²) in [6.07, 6.45) is 4.76. The Hall–Kier alpha value is -0.890. The van der Waals surface area contributed by atoms with Crippen molar-refractivity contribution in [3.05, 3.63) is 35.6 Å². The van der Waals surface area contributed by atoms with E-state index in [9.17, 15) is 4.39 Å². The van der Waals surface area contributed by atoms with Gasteiger partial charge in [-0.1, -0.05) is 26.0 Å². The molecule has 1 nitrogen and oxygen atoms in total. The van der Waals surface area contributed by atoms with Crippen LogP contribution in [0.4, 0.5) is 4.39 Å². The van der Waals surface area contributed by atoms with Crippen molar-refractivity contribution in [2.45, 2.75) is 45.6 Å². The molecule has 0 aromatic heterocycles. The van der Waals surface area contributed by atoms with Crippen LogP contribution in [0.5, 0.6) is 0 Å². The van der Waals surface area contributed by atoms with Crippen molar-refractivity contribution >= 4 is 0 Å². The predicted octanol–water partition coefficient (Wildman–Crippen LogP) is 4.04. The number of hydrogen-bond donors (Lipinski definition) is 1. The zero-order chi connectivity index (χ0) is 12.5. The highest BCUT2D eigenvalue weighted by Gasteiger charge is 2.30. The third kappa shape index (κ3) is 3.06. The molecule has 0 saturated heterocycles. The Labute approximate surface area is 103 Å². The van der Waals surface area contributed by atoms with Crippen LogP contribution < -0.4 is 5.73 Å². The zero-order valence-electron chi connectivity index (χ0n) is 10.7. The Kier molecular flexibility index (Phi) is 3.53. The highest BCUT2D eigenvalue weighted by atomic mass is 19.1. The minimum atomic E-state index is -0.186. The zero-order valence-corrected chi connectivity index (χ0v) is 10.7. The fourth-order valence-corrected chi connectivity index (χ4v) is 2.77. The summed E-state index contributed by atoms with van der Waals surface area (Å²) >= 11 is 0. The lowest BCUT2D eigenvalue weighted by Gasteiger charge is -2.37. The molecule has 94 valence electrons. The summed E-state index contributed by atoms with van der Waals surface area (Å²) in [4.78, 5) is 0. The van der Waals surface area contributed by atoms with E-state index in [0.29, 0.717) is 11.3 Å². The van der Waals surface area contributed by atoms with E-state index in [-0.39, 0.29) is 11.9 Å². The summed E-state index contributed by atoms with van der Waals surface area (Å²) in [5, 5.41) is 0. The van der Waals surface area contributed by atoms with E-state index >= 15 is 0 Å². The van der Waals surface area contributed by atoms with Gasteiger partial charge in [-0.05, 0) is 54.7 Å². The van der Waals surface area contributed by atoms with Gasteiger partial charge >= 0.3 is 0 Å². The van der Waals surface area contributed by atoms with Crippen molar-refractivity contribution in [2.24, 2.45) is 17.1 Å². The van der Waals surface area contributed by atoms with Gasteiger partial charge in [0.1, 0.15) is 5.82 Å². The lowest BCUT2D eigenvalue weighted by molar-refractivity contribution is 0.173. The quantitative estimate of drug-likeness (QED) is 0.822. The van der Waals surface area contributed by atoms with Gasteiger partial charge in [0.25, 0.3) is 0 Å². The van der Waals surface area contributed by atoms with Gasteiger partial charge in [-0.25, -0.2) is 4.39 Å². The summed E-state index contributed by atoms with van der Waals surface area (Å²) in [5.41, 5.74) is 7.66. The summed E-state index contributed by atoms with van der Waals surface area (Å²) in [6, 6.07) is 6.72. The van der Waals surface area contributed by atoms with Crippen molar-refractivity contribution in [2.75, 3.05) is 0 Å². The SMILES string of the molecule is CC1(C)CCC(C(N)c2cccc(F)c2)CC1. The van der Waals surface area contributed by atoms with Crippen LogP contribution in [-0.4, -0.2) is 0 Å². The second-order valence-corrected chi connectivity index (χ2v) is 6.08. The Morgan fingerprint density at radius 2 is 1.94 bits per heavy atom. The van der Waals surface area contributed by atoms with Crippen LogP contribution in [0, 0.1) is 17.2 Å². The number of halogens is 1. The van der Waals surface area contributed by atoms with Crippen molar-refractivity contribution in [3.8, 4) is 0 Å². The molecule has 0 heterocycles. The lowest BCUT2D eigenvalue weighted by atomic mass is 9.70. The molecule has 1 fully saturated rings. The summed E-state index contributed by atoms with van der Waals surface area (Å²) in [7, 11) is 0. The second-order valence-electron chi connectivity index (χ2n) is 6.08. The molecule has 0 aliphatic heterocycles. The molecule has 1 unspecified atom stereocenters. The fourth-order valence-electron chi connectivity index (χ4n) is 2.77. The maximum Gasteiger partial charge on any atom is 0.123 e. The smallest absolute Gasteiger partial charge is 0.123 e. The minimum absolute atomic E-state index is 0.0122. The highest BCUT2D eigenvalue weighted by molar-refractivity contribution is 5.20. The Bertz CT molecular complexity index is 376. The molecule has 1 aromatic rings. The summed E-state index contributed by atoms with van der Waals surface area (Å²) in [6.45, 7) is 4.63. The third-order valence-electron chi connectivity index (χ3n) is 4.13. The van der Waals surface area contributed by atoms with Gasteiger partial charge in [0, 0.05) is 6.04 Å². The number of rotatable bonds is 2.